The zero-order chi connectivity index (χ0) is 8.27. The number of para-hydroxylation sites is 1. The minimum absolute atomic E-state index is 0.174. The van der Waals surface area contributed by atoms with Crippen LogP contribution in [0.1, 0.15) is 5.56 Å². The van der Waals surface area contributed by atoms with Gasteiger partial charge in [-0.25, -0.2) is 0 Å². The van der Waals surface area contributed by atoms with Crippen molar-refractivity contribution in [1.29, 1.82) is 0 Å². The zero-order valence-corrected chi connectivity index (χ0v) is 5.90. The minimum Gasteiger partial charge on any atom is -0.391 e. The van der Waals surface area contributed by atoms with E-state index in [1.165, 1.54) is 0 Å². The molecule has 1 aromatic carbocycles. The van der Waals surface area contributed by atoms with Crippen LogP contribution in [0.3, 0.4) is 0 Å². The standard InChI is InChI=1S/C7H9N2O2/c8-9(11)7-4-2-1-3-6(7)5-10/h1-4,10H,5H2,(H2,8,11)/q+1. The van der Waals surface area contributed by atoms with E-state index in [0.717, 1.165) is 0 Å². The van der Waals surface area contributed by atoms with Crippen molar-refractivity contribution in [3.05, 3.63) is 34.7 Å². The number of nitroso groups, excluding NO2 is 1. The van der Waals surface area contributed by atoms with Gasteiger partial charge in [0.1, 0.15) is 0 Å². The number of nitrogens with zero attached hydrogens (tertiary/aromatic N) is 1. The molecule has 0 aromatic heterocycles. The first-order chi connectivity index (χ1) is 5.25. The van der Waals surface area contributed by atoms with Gasteiger partial charge in [0.25, 0.3) is 5.69 Å². The molecule has 0 aliphatic carbocycles. The number of aliphatic hydroxyl groups excluding tert-OH is 1. The van der Waals surface area contributed by atoms with Gasteiger partial charge in [-0.15, -0.1) is 0 Å². The normalized spacial score (nSPS) is 9.55. The Bertz CT molecular complexity index is 273. The summed E-state index contributed by atoms with van der Waals surface area (Å²) in [6.45, 7) is -0.174. The van der Waals surface area contributed by atoms with Gasteiger partial charge in [0.15, 0.2) is 4.87 Å². The number of rotatable bonds is 2. The topological polar surface area (TPSA) is 66.3 Å². The number of benzene rings is 1. The Morgan fingerprint density at radius 3 is 2.55 bits per heavy atom. The van der Waals surface area contributed by atoms with Gasteiger partial charge in [-0.05, 0) is 6.07 Å². The van der Waals surface area contributed by atoms with Crippen LogP contribution in [-0.2, 0) is 6.61 Å². The number of hydrogen-bond acceptors (Lipinski definition) is 2. The third kappa shape index (κ3) is 1.53. The van der Waals surface area contributed by atoms with Crippen molar-refractivity contribution in [2.75, 3.05) is 0 Å². The fourth-order valence-electron chi connectivity index (χ4n) is 0.860. The van der Waals surface area contributed by atoms with Gasteiger partial charge in [-0.2, -0.15) is 5.84 Å². The van der Waals surface area contributed by atoms with Crippen LogP contribution in [-0.4, -0.2) is 9.98 Å². The molecule has 0 aliphatic heterocycles. The molecule has 0 saturated carbocycles. The molecule has 4 nitrogen and oxygen atoms in total. The second-order valence-electron chi connectivity index (χ2n) is 2.11. The van der Waals surface area contributed by atoms with Crippen molar-refractivity contribution in [3.63, 3.8) is 0 Å². The number of hydrogen-bond donors (Lipinski definition) is 2. The summed E-state index contributed by atoms with van der Waals surface area (Å²) >= 11 is 0. The van der Waals surface area contributed by atoms with E-state index in [4.69, 9.17) is 10.9 Å². The lowest BCUT2D eigenvalue weighted by Gasteiger charge is -1.93. The van der Waals surface area contributed by atoms with E-state index in [1.54, 1.807) is 24.3 Å². The summed E-state index contributed by atoms with van der Waals surface area (Å²) in [6.07, 6.45) is 0. The van der Waals surface area contributed by atoms with E-state index in [9.17, 15) is 4.91 Å². The number of hydrazine groups is 1. The highest BCUT2D eigenvalue weighted by molar-refractivity contribution is 5.38. The van der Waals surface area contributed by atoms with Crippen LogP contribution in [0.25, 0.3) is 0 Å². The fraction of sp³-hybridized carbons (Fsp3) is 0.143. The first kappa shape index (κ1) is 7.68. The van der Waals surface area contributed by atoms with Crippen LogP contribution in [0.2, 0.25) is 0 Å². The Morgan fingerprint density at radius 2 is 2.09 bits per heavy atom. The van der Waals surface area contributed by atoms with Crippen LogP contribution >= 0.6 is 0 Å². The van der Waals surface area contributed by atoms with Crippen LogP contribution in [0.5, 0.6) is 0 Å². The number of nitrogens with two attached hydrogens (primary N) is 1. The molecule has 0 saturated heterocycles. The average Bonchev–Trinajstić information content (AvgIpc) is 2.04. The first-order valence-electron chi connectivity index (χ1n) is 3.16. The second-order valence-corrected chi connectivity index (χ2v) is 2.11. The average molecular weight is 153 g/mol. The molecule has 11 heavy (non-hydrogen) atoms. The quantitative estimate of drug-likeness (QED) is 0.368. The largest absolute Gasteiger partial charge is 0.391 e. The summed E-state index contributed by atoms with van der Waals surface area (Å²) in [6, 6.07) is 6.62. The number of aliphatic hydroxyl groups is 1. The molecule has 0 aliphatic rings. The van der Waals surface area contributed by atoms with Crippen LogP contribution in [0.15, 0.2) is 24.3 Å². The van der Waals surface area contributed by atoms with Crippen LogP contribution in [0, 0.1) is 4.91 Å². The Morgan fingerprint density at radius 1 is 1.45 bits per heavy atom. The highest BCUT2D eigenvalue weighted by Gasteiger charge is 2.12. The van der Waals surface area contributed by atoms with Crippen LogP contribution in [0.4, 0.5) is 5.69 Å². The summed E-state index contributed by atoms with van der Waals surface area (Å²) in [5.41, 5.74) is 0.833. The molecule has 0 bridgehead atoms. The molecular weight excluding hydrogens is 144 g/mol. The highest BCUT2D eigenvalue weighted by Crippen LogP contribution is 2.15. The summed E-state index contributed by atoms with van der Waals surface area (Å²) in [7, 11) is 0. The molecule has 1 aromatic rings. The predicted molar refractivity (Wildman–Crippen MR) is 39.8 cm³/mol. The molecule has 0 heterocycles. The van der Waals surface area contributed by atoms with Crippen molar-refractivity contribution in [2.45, 2.75) is 6.61 Å². The molecule has 0 amide bonds. The van der Waals surface area contributed by atoms with Gasteiger partial charge in [0.05, 0.1) is 17.1 Å². The van der Waals surface area contributed by atoms with Crippen molar-refractivity contribution < 1.29 is 9.98 Å². The van der Waals surface area contributed by atoms with E-state index < -0.39 is 0 Å². The molecule has 0 spiro atoms. The third-order valence-corrected chi connectivity index (χ3v) is 1.40. The van der Waals surface area contributed by atoms with E-state index >= 15 is 0 Å². The molecule has 4 heteroatoms. The van der Waals surface area contributed by atoms with E-state index in [0.29, 0.717) is 11.3 Å². The van der Waals surface area contributed by atoms with Crippen molar-refractivity contribution in [2.24, 2.45) is 5.84 Å². The van der Waals surface area contributed by atoms with Gasteiger partial charge >= 0.3 is 0 Å². The molecule has 0 fully saturated rings. The van der Waals surface area contributed by atoms with Crippen molar-refractivity contribution in [3.8, 4) is 0 Å². The molecule has 0 unspecified atom stereocenters. The lowest BCUT2D eigenvalue weighted by atomic mass is 10.2. The van der Waals surface area contributed by atoms with E-state index in [2.05, 4.69) is 0 Å². The van der Waals surface area contributed by atoms with Gasteiger partial charge in [0.2, 0.25) is 0 Å². The smallest absolute Gasteiger partial charge is 0.297 e. The molecule has 0 radical (unpaired) electrons. The Balaban J connectivity index is 3.12. The second kappa shape index (κ2) is 3.12. The summed E-state index contributed by atoms with van der Waals surface area (Å²) in [4.78, 5) is 10.9. The van der Waals surface area contributed by atoms with Gasteiger partial charge in [-0.3, -0.25) is 0 Å². The Kier molecular flexibility index (Phi) is 2.18. The lowest BCUT2D eigenvalue weighted by Crippen LogP contribution is -2.10. The molecular formula is C7H9N2O2+. The van der Waals surface area contributed by atoms with E-state index in [-0.39, 0.29) is 11.5 Å². The summed E-state index contributed by atoms with van der Waals surface area (Å²) < 4.78 is 0. The van der Waals surface area contributed by atoms with Gasteiger partial charge in [-0.1, -0.05) is 12.1 Å². The third-order valence-electron chi connectivity index (χ3n) is 1.40. The van der Waals surface area contributed by atoms with Gasteiger partial charge < -0.3 is 5.11 Å². The van der Waals surface area contributed by atoms with E-state index in [1.807, 2.05) is 0 Å². The predicted octanol–water partition coefficient (Wildman–Crippen LogP) is 0.463. The monoisotopic (exact) mass is 153 g/mol. The molecule has 0 atom stereocenters. The van der Waals surface area contributed by atoms with Crippen LogP contribution < -0.4 is 5.84 Å². The summed E-state index contributed by atoms with van der Waals surface area (Å²) in [5.74, 6) is 4.96. The van der Waals surface area contributed by atoms with Gasteiger partial charge in [0, 0.05) is 6.07 Å². The fourth-order valence-corrected chi connectivity index (χ4v) is 0.860. The molecule has 1 rings (SSSR count). The first-order valence-corrected chi connectivity index (χ1v) is 3.16. The maximum Gasteiger partial charge on any atom is 0.297 e. The van der Waals surface area contributed by atoms with Crippen molar-refractivity contribution in [1.82, 2.24) is 0 Å². The maximum absolute atomic E-state index is 10.6. The zero-order valence-electron chi connectivity index (χ0n) is 5.90. The SMILES string of the molecule is N[N+](=O)c1ccccc1CO. The van der Waals surface area contributed by atoms with Crippen molar-refractivity contribution >= 4 is 5.69 Å². The summed E-state index contributed by atoms with van der Waals surface area (Å²) in [5, 5.41) is 8.75. The molecule has 3 N–H and O–H groups in total. The minimum atomic E-state index is -0.174. The maximum atomic E-state index is 10.6. The highest BCUT2D eigenvalue weighted by atomic mass is 16.3. The Labute approximate surface area is 63.8 Å². The Hall–Kier alpha value is -1.42. The lowest BCUT2D eigenvalue weighted by molar-refractivity contribution is -0.475. The molecule has 58 valence electrons.